The van der Waals surface area contributed by atoms with Gasteiger partial charge in [-0.2, -0.15) is 9.50 Å². The molecule has 1 fully saturated rings. The predicted molar refractivity (Wildman–Crippen MR) is 97.3 cm³/mol. The van der Waals surface area contributed by atoms with Crippen LogP contribution in [0.2, 0.25) is 0 Å². The van der Waals surface area contributed by atoms with E-state index in [-0.39, 0.29) is 0 Å². The van der Waals surface area contributed by atoms with Gasteiger partial charge >= 0.3 is 0 Å². The van der Waals surface area contributed by atoms with Crippen molar-refractivity contribution >= 4 is 22.8 Å². The van der Waals surface area contributed by atoms with Gasteiger partial charge in [0, 0.05) is 23.9 Å². The molecular formula is C17H17N7OS. The van der Waals surface area contributed by atoms with Gasteiger partial charge in [0.15, 0.2) is 5.65 Å². The van der Waals surface area contributed by atoms with Gasteiger partial charge in [-0.15, -0.1) is 26.6 Å². The number of anilines is 1. The van der Waals surface area contributed by atoms with E-state index in [0.29, 0.717) is 11.7 Å². The third-order valence-corrected chi connectivity index (χ3v) is 5.71. The number of nitrogens with zero attached hydrogens (tertiary/aromatic N) is 7. The molecule has 4 aromatic heterocycles. The molecule has 0 aromatic carbocycles. The maximum Gasteiger partial charge on any atom is 0.230 e. The van der Waals surface area contributed by atoms with Crippen molar-refractivity contribution in [1.29, 1.82) is 0 Å². The number of piperidine rings is 1. The Morgan fingerprint density at radius 2 is 2.04 bits per heavy atom. The summed E-state index contributed by atoms with van der Waals surface area (Å²) in [7, 11) is 0. The molecule has 0 amide bonds. The number of thiophene rings is 1. The van der Waals surface area contributed by atoms with Crippen molar-refractivity contribution in [3.63, 3.8) is 0 Å². The molecule has 8 nitrogen and oxygen atoms in total. The van der Waals surface area contributed by atoms with Crippen LogP contribution in [0.3, 0.4) is 0 Å². The van der Waals surface area contributed by atoms with Gasteiger partial charge in [0.25, 0.3) is 0 Å². The average molecular weight is 367 g/mol. The Bertz CT molecular complexity index is 1040. The zero-order chi connectivity index (χ0) is 17.5. The van der Waals surface area contributed by atoms with Gasteiger partial charge < -0.3 is 9.42 Å². The molecular weight excluding hydrogens is 350 g/mol. The Morgan fingerprint density at radius 3 is 2.85 bits per heavy atom. The van der Waals surface area contributed by atoms with Crippen molar-refractivity contribution in [2.75, 3.05) is 18.0 Å². The summed E-state index contributed by atoms with van der Waals surface area (Å²) in [5.41, 5.74) is 0.755. The van der Waals surface area contributed by atoms with E-state index >= 15 is 0 Å². The molecule has 5 rings (SSSR count). The molecule has 132 valence electrons. The molecule has 1 saturated heterocycles. The van der Waals surface area contributed by atoms with Crippen LogP contribution in [-0.4, -0.2) is 43.0 Å². The van der Waals surface area contributed by atoms with Crippen molar-refractivity contribution in [3.05, 3.63) is 41.4 Å². The minimum Gasteiger partial charge on any atom is -0.355 e. The van der Waals surface area contributed by atoms with Crippen molar-refractivity contribution in [1.82, 2.24) is 30.0 Å². The molecule has 0 N–H and O–H groups in total. The van der Waals surface area contributed by atoms with E-state index in [1.165, 1.54) is 4.88 Å². The Labute approximate surface area is 153 Å². The lowest BCUT2D eigenvalue weighted by molar-refractivity contribution is 0.329. The summed E-state index contributed by atoms with van der Waals surface area (Å²) in [6, 6.07) is 8.06. The summed E-state index contributed by atoms with van der Waals surface area (Å²) in [4.78, 5) is 9.21. The van der Waals surface area contributed by atoms with Crippen LogP contribution in [0, 0.1) is 6.92 Å². The Kier molecular flexibility index (Phi) is 3.66. The second kappa shape index (κ2) is 6.17. The maximum absolute atomic E-state index is 5.55. The largest absolute Gasteiger partial charge is 0.355 e. The van der Waals surface area contributed by atoms with Crippen LogP contribution in [-0.2, 0) is 0 Å². The normalized spacial score (nSPS) is 15.8. The van der Waals surface area contributed by atoms with Gasteiger partial charge in [0.05, 0.1) is 4.88 Å². The second-order valence-corrected chi connectivity index (χ2v) is 7.74. The van der Waals surface area contributed by atoms with Gasteiger partial charge in [-0.3, -0.25) is 0 Å². The molecule has 1 aliphatic heterocycles. The summed E-state index contributed by atoms with van der Waals surface area (Å²) in [5, 5.41) is 16.6. The van der Waals surface area contributed by atoms with Gasteiger partial charge in [-0.1, -0.05) is 5.16 Å². The quantitative estimate of drug-likeness (QED) is 0.550. The number of hydrogen-bond acceptors (Lipinski definition) is 8. The first-order valence-corrected chi connectivity index (χ1v) is 9.40. The first kappa shape index (κ1) is 15.4. The second-order valence-electron chi connectivity index (χ2n) is 6.45. The standard InChI is InChI=1S/C17H17N7OS/c1-11-2-3-13(26-11)16-19-17(25-22-16)12-6-8-23(9-7-12)15-5-4-14-20-18-10-24(14)21-15/h2-5,10,12H,6-9H2,1H3. The first-order chi connectivity index (χ1) is 12.8. The summed E-state index contributed by atoms with van der Waals surface area (Å²) in [6.45, 7) is 3.89. The van der Waals surface area contributed by atoms with E-state index in [2.05, 4.69) is 43.3 Å². The van der Waals surface area contributed by atoms with E-state index in [1.807, 2.05) is 18.2 Å². The van der Waals surface area contributed by atoms with Gasteiger partial charge in [0.2, 0.25) is 11.7 Å². The van der Waals surface area contributed by atoms with Crippen molar-refractivity contribution < 1.29 is 4.52 Å². The zero-order valence-electron chi connectivity index (χ0n) is 14.2. The first-order valence-electron chi connectivity index (χ1n) is 8.59. The lowest BCUT2D eigenvalue weighted by atomic mass is 9.97. The molecule has 0 bridgehead atoms. The monoisotopic (exact) mass is 367 g/mol. The van der Waals surface area contributed by atoms with Crippen LogP contribution in [0.1, 0.15) is 29.5 Å². The third kappa shape index (κ3) is 2.74. The lowest BCUT2D eigenvalue weighted by Crippen LogP contribution is -2.33. The van der Waals surface area contributed by atoms with E-state index < -0.39 is 0 Å². The third-order valence-electron chi connectivity index (χ3n) is 4.72. The molecule has 0 saturated carbocycles. The van der Waals surface area contributed by atoms with Gasteiger partial charge in [-0.05, 0) is 44.0 Å². The SMILES string of the molecule is Cc1ccc(-c2noc(C3CCN(c4ccc5nncn5n4)CC3)n2)s1. The van der Waals surface area contributed by atoms with Crippen LogP contribution in [0.25, 0.3) is 16.3 Å². The van der Waals surface area contributed by atoms with Crippen LogP contribution >= 0.6 is 11.3 Å². The molecule has 0 atom stereocenters. The molecule has 0 radical (unpaired) electrons. The van der Waals surface area contributed by atoms with E-state index in [0.717, 1.165) is 48.2 Å². The number of aryl methyl sites for hydroxylation is 1. The van der Waals surface area contributed by atoms with E-state index in [1.54, 1.807) is 22.2 Å². The van der Waals surface area contributed by atoms with Crippen LogP contribution < -0.4 is 4.90 Å². The number of hydrogen-bond donors (Lipinski definition) is 0. The minimum atomic E-state index is 0.298. The Morgan fingerprint density at radius 1 is 1.15 bits per heavy atom. The summed E-state index contributed by atoms with van der Waals surface area (Å²) >= 11 is 1.69. The Hall–Kier alpha value is -2.81. The minimum absolute atomic E-state index is 0.298. The summed E-state index contributed by atoms with van der Waals surface area (Å²) < 4.78 is 7.25. The molecule has 0 unspecified atom stereocenters. The summed E-state index contributed by atoms with van der Waals surface area (Å²) in [5.74, 6) is 2.68. The highest BCUT2D eigenvalue weighted by Gasteiger charge is 2.26. The maximum atomic E-state index is 5.55. The van der Waals surface area contributed by atoms with Crippen molar-refractivity contribution in [2.45, 2.75) is 25.7 Å². The molecule has 4 aromatic rings. The van der Waals surface area contributed by atoms with Crippen LogP contribution in [0.15, 0.2) is 35.1 Å². The predicted octanol–water partition coefficient (Wildman–Crippen LogP) is 2.93. The molecule has 1 aliphatic rings. The smallest absolute Gasteiger partial charge is 0.230 e. The van der Waals surface area contributed by atoms with E-state index in [9.17, 15) is 0 Å². The van der Waals surface area contributed by atoms with Crippen molar-refractivity contribution in [2.24, 2.45) is 0 Å². The highest BCUT2D eigenvalue weighted by Crippen LogP contribution is 2.31. The fourth-order valence-corrected chi connectivity index (χ4v) is 4.09. The lowest BCUT2D eigenvalue weighted by Gasteiger charge is -2.31. The number of aromatic nitrogens is 6. The molecule has 26 heavy (non-hydrogen) atoms. The van der Waals surface area contributed by atoms with Gasteiger partial charge in [-0.25, -0.2) is 0 Å². The highest BCUT2D eigenvalue weighted by molar-refractivity contribution is 7.15. The van der Waals surface area contributed by atoms with E-state index in [4.69, 9.17) is 4.52 Å². The van der Waals surface area contributed by atoms with Gasteiger partial charge in [0.1, 0.15) is 12.1 Å². The molecule has 5 heterocycles. The van der Waals surface area contributed by atoms with Crippen LogP contribution in [0.5, 0.6) is 0 Å². The average Bonchev–Trinajstić information content (AvgIpc) is 3.41. The highest BCUT2D eigenvalue weighted by atomic mass is 32.1. The topological polar surface area (TPSA) is 85.2 Å². The fraction of sp³-hybridized carbons (Fsp3) is 0.353. The zero-order valence-corrected chi connectivity index (χ0v) is 15.1. The fourth-order valence-electron chi connectivity index (χ4n) is 3.30. The summed E-state index contributed by atoms with van der Waals surface area (Å²) in [6.07, 6.45) is 3.55. The van der Waals surface area contributed by atoms with Crippen molar-refractivity contribution in [3.8, 4) is 10.7 Å². The molecule has 0 aliphatic carbocycles. The number of fused-ring (bicyclic) bond motifs is 1. The van der Waals surface area contributed by atoms with Crippen LogP contribution in [0.4, 0.5) is 5.82 Å². The Balaban J connectivity index is 1.29. The number of rotatable bonds is 3. The molecule has 9 heteroatoms. The molecule has 0 spiro atoms.